The summed E-state index contributed by atoms with van der Waals surface area (Å²) in [4.78, 5) is 27.0. The van der Waals surface area contributed by atoms with Crippen molar-refractivity contribution < 1.29 is 14.3 Å². The van der Waals surface area contributed by atoms with Crippen LogP contribution in [0.25, 0.3) is 0 Å². The van der Waals surface area contributed by atoms with Gasteiger partial charge < -0.3 is 15.0 Å². The lowest BCUT2D eigenvalue weighted by Crippen LogP contribution is -2.30. The number of nitrogens with zero attached hydrogens (tertiary/aromatic N) is 1. The highest BCUT2D eigenvalue weighted by Crippen LogP contribution is 2.26. The number of carbonyl (C=O) groups is 2. The van der Waals surface area contributed by atoms with Crippen LogP contribution in [0.3, 0.4) is 0 Å². The highest BCUT2D eigenvalue weighted by Gasteiger charge is 2.22. The second-order valence-electron chi connectivity index (χ2n) is 6.73. The number of halogens is 2. The van der Waals surface area contributed by atoms with Gasteiger partial charge in [0, 0.05) is 24.5 Å². The molecule has 3 rings (SSSR count). The van der Waals surface area contributed by atoms with E-state index in [2.05, 4.69) is 10.2 Å². The van der Waals surface area contributed by atoms with E-state index < -0.39 is 18.0 Å². The standard InChI is InChI=1S/C21H22Cl2N2O3/c1-14(28-21(27)19-17(22)6-5-7-18(19)23)20(26)24-15-8-10-16(11-9-15)25-12-3-2-4-13-25/h5-11,14H,2-4,12-13H2,1H3,(H,24,26)/t14-/m0/s1. The summed E-state index contributed by atoms with van der Waals surface area (Å²) in [5.74, 6) is -1.17. The number of carbonyl (C=O) groups excluding carboxylic acids is 2. The minimum absolute atomic E-state index is 0.0522. The smallest absolute Gasteiger partial charge is 0.341 e. The Bertz CT molecular complexity index is 829. The maximum atomic E-state index is 12.4. The summed E-state index contributed by atoms with van der Waals surface area (Å²) in [6.07, 6.45) is 2.69. The first kappa shape index (κ1) is 20.5. The molecule has 28 heavy (non-hydrogen) atoms. The predicted octanol–water partition coefficient (Wildman–Crippen LogP) is 5.17. The van der Waals surface area contributed by atoms with Gasteiger partial charge in [0.25, 0.3) is 5.91 Å². The van der Waals surface area contributed by atoms with Gasteiger partial charge in [-0.2, -0.15) is 0 Å². The van der Waals surface area contributed by atoms with E-state index in [4.69, 9.17) is 27.9 Å². The largest absolute Gasteiger partial charge is 0.449 e. The van der Waals surface area contributed by atoms with Crippen molar-refractivity contribution in [3.05, 3.63) is 58.1 Å². The predicted molar refractivity (Wildman–Crippen MR) is 112 cm³/mol. The summed E-state index contributed by atoms with van der Waals surface area (Å²) in [7, 11) is 0. The van der Waals surface area contributed by atoms with Crippen molar-refractivity contribution in [2.45, 2.75) is 32.3 Å². The maximum Gasteiger partial charge on any atom is 0.341 e. The normalized spacial score (nSPS) is 15.0. The molecule has 1 fully saturated rings. The Labute approximate surface area is 174 Å². The zero-order valence-corrected chi connectivity index (χ0v) is 17.1. The third-order valence-electron chi connectivity index (χ3n) is 4.68. The minimum Gasteiger partial charge on any atom is -0.449 e. The number of benzene rings is 2. The second-order valence-corrected chi connectivity index (χ2v) is 7.54. The van der Waals surface area contributed by atoms with E-state index in [1.807, 2.05) is 24.3 Å². The Morgan fingerprint density at radius 3 is 2.21 bits per heavy atom. The van der Waals surface area contributed by atoms with Gasteiger partial charge in [0.15, 0.2) is 6.10 Å². The first-order valence-electron chi connectivity index (χ1n) is 9.26. The molecule has 1 aliphatic heterocycles. The highest BCUT2D eigenvalue weighted by molar-refractivity contribution is 6.39. The number of rotatable bonds is 5. The Hall–Kier alpha value is -2.24. The minimum atomic E-state index is -0.999. The van der Waals surface area contributed by atoms with Crippen molar-refractivity contribution in [1.29, 1.82) is 0 Å². The lowest BCUT2D eigenvalue weighted by Gasteiger charge is -2.28. The van der Waals surface area contributed by atoms with E-state index in [1.165, 1.54) is 26.2 Å². The van der Waals surface area contributed by atoms with E-state index in [9.17, 15) is 9.59 Å². The molecule has 1 N–H and O–H groups in total. The van der Waals surface area contributed by atoms with E-state index in [0.29, 0.717) is 5.69 Å². The van der Waals surface area contributed by atoms with Crippen LogP contribution in [0, 0.1) is 0 Å². The van der Waals surface area contributed by atoms with Crippen LogP contribution < -0.4 is 10.2 Å². The van der Waals surface area contributed by atoms with Crippen molar-refractivity contribution >= 4 is 46.5 Å². The van der Waals surface area contributed by atoms with Crippen molar-refractivity contribution in [2.24, 2.45) is 0 Å². The number of piperidine rings is 1. The molecular formula is C21H22Cl2N2O3. The Kier molecular flexibility index (Phi) is 6.81. The molecule has 1 heterocycles. The molecule has 0 spiro atoms. The van der Waals surface area contributed by atoms with E-state index in [0.717, 1.165) is 18.8 Å². The molecule has 7 heteroatoms. The summed E-state index contributed by atoms with van der Waals surface area (Å²) in [5.41, 5.74) is 1.84. The maximum absolute atomic E-state index is 12.4. The first-order valence-corrected chi connectivity index (χ1v) is 10.0. The molecule has 0 radical (unpaired) electrons. The quantitative estimate of drug-likeness (QED) is 0.677. The first-order chi connectivity index (χ1) is 13.5. The summed E-state index contributed by atoms with van der Waals surface area (Å²) >= 11 is 12.0. The van der Waals surface area contributed by atoms with Gasteiger partial charge in [-0.15, -0.1) is 0 Å². The molecule has 0 bridgehead atoms. The van der Waals surface area contributed by atoms with Crippen LogP contribution in [-0.2, 0) is 9.53 Å². The van der Waals surface area contributed by atoms with Crippen LogP contribution in [0.1, 0.15) is 36.5 Å². The van der Waals surface area contributed by atoms with Gasteiger partial charge in [-0.25, -0.2) is 4.79 Å². The van der Waals surface area contributed by atoms with Gasteiger partial charge in [0.05, 0.1) is 15.6 Å². The van der Waals surface area contributed by atoms with Crippen molar-refractivity contribution in [2.75, 3.05) is 23.3 Å². The van der Waals surface area contributed by atoms with Gasteiger partial charge in [0.1, 0.15) is 0 Å². The van der Waals surface area contributed by atoms with Gasteiger partial charge in [-0.1, -0.05) is 29.3 Å². The molecule has 1 aliphatic rings. The van der Waals surface area contributed by atoms with Crippen molar-refractivity contribution in [3.8, 4) is 0 Å². The van der Waals surface area contributed by atoms with Gasteiger partial charge in [-0.3, -0.25) is 4.79 Å². The molecule has 1 atom stereocenters. The number of esters is 1. The van der Waals surface area contributed by atoms with Crippen LogP contribution in [0.2, 0.25) is 10.0 Å². The highest BCUT2D eigenvalue weighted by atomic mass is 35.5. The average Bonchev–Trinajstić information content (AvgIpc) is 2.69. The zero-order valence-electron chi connectivity index (χ0n) is 15.6. The van der Waals surface area contributed by atoms with Crippen LogP contribution in [0.5, 0.6) is 0 Å². The van der Waals surface area contributed by atoms with E-state index >= 15 is 0 Å². The molecule has 0 aromatic heterocycles. The van der Waals surface area contributed by atoms with Gasteiger partial charge >= 0.3 is 5.97 Å². The van der Waals surface area contributed by atoms with Crippen molar-refractivity contribution in [3.63, 3.8) is 0 Å². The number of hydrogen-bond donors (Lipinski definition) is 1. The van der Waals surface area contributed by atoms with Crippen LogP contribution in [-0.4, -0.2) is 31.1 Å². The fraction of sp³-hybridized carbons (Fsp3) is 0.333. The molecule has 2 aromatic carbocycles. The van der Waals surface area contributed by atoms with Gasteiger partial charge in [-0.05, 0) is 62.6 Å². The zero-order chi connectivity index (χ0) is 20.1. The fourth-order valence-electron chi connectivity index (χ4n) is 3.12. The molecule has 1 saturated heterocycles. The number of amides is 1. The fourth-order valence-corrected chi connectivity index (χ4v) is 3.67. The molecule has 1 amide bonds. The lowest BCUT2D eigenvalue weighted by atomic mass is 10.1. The number of anilines is 2. The van der Waals surface area contributed by atoms with E-state index in [1.54, 1.807) is 18.2 Å². The topological polar surface area (TPSA) is 58.6 Å². The summed E-state index contributed by atoms with van der Waals surface area (Å²) in [6, 6.07) is 12.4. The third-order valence-corrected chi connectivity index (χ3v) is 5.31. The lowest BCUT2D eigenvalue weighted by molar-refractivity contribution is -0.123. The Morgan fingerprint density at radius 2 is 1.61 bits per heavy atom. The molecule has 5 nitrogen and oxygen atoms in total. The number of hydrogen-bond acceptors (Lipinski definition) is 4. The Balaban J connectivity index is 1.58. The summed E-state index contributed by atoms with van der Waals surface area (Å²) in [5, 5.41) is 3.12. The van der Waals surface area contributed by atoms with Crippen LogP contribution >= 0.6 is 23.2 Å². The third kappa shape index (κ3) is 4.97. The Morgan fingerprint density at radius 1 is 1.00 bits per heavy atom. The number of nitrogens with one attached hydrogen (secondary N) is 1. The summed E-state index contributed by atoms with van der Waals surface area (Å²) < 4.78 is 5.22. The monoisotopic (exact) mass is 420 g/mol. The molecule has 0 saturated carbocycles. The summed E-state index contributed by atoms with van der Waals surface area (Å²) in [6.45, 7) is 3.62. The molecule has 0 aliphatic carbocycles. The molecular weight excluding hydrogens is 399 g/mol. The average molecular weight is 421 g/mol. The SMILES string of the molecule is C[C@H](OC(=O)c1c(Cl)cccc1Cl)C(=O)Nc1ccc(N2CCCCC2)cc1. The molecule has 148 valence electrons. The van der Waals surface area contributed by atoms with Gasteiger partial charge in [0.2, 0.25) is 0 Å². The van der Waals surface area contributed by atoms with E-state index in [-0.39, 0.29) is 15.6 Å². The molecule has 2 aromatic rings. The van der Waals surface area contributed by atoms with Crippen LogP contribution in [0.15, 0.2) is 42.5 Å². The second kappa shape index (κ2) is 9.30. The molecule has 0 unspecified atom stereocenters. The van der Waals surface area contributed by atoms with Crippen LogP contribution in [0.4, 0.5) is 11.4 Å². The number of ether oxygens (including phenoxy) is 1. The van der Waals surface area contributed by atoms with Crippen molar-refractivity contribution in [1.82, 2.24) is 0 Å².